The summed E-state index contributed by atoms with van der Waals surface area (Å²) in [6.45, 7) is 4.89. The van der Waals surface area contributed by atoms with E-state index in [1.54, 1.807) is 0 Å². The highest BCUT2D eigenvalue weighted by Crippen LogP contribution is 2.20. The molecule has 0 aromatic heterocycles. The zero-order valence-corrected chi connectivity index (χ0v) is 8.47. The minimum absolute atomic E-state index is 0.127. The van der Waals surface area contributed by atoms with Gasteiger partial charge in [0.2, 0.25) is 0 Å². The molecule has 90 valence electrons. The van der Waals surface area contributed by atoms with E-state index >= 15 is 0 Å². The molecule has 0 saturated carbocycles. The van der Waals surface area contributed by atoms with E-state index in [1.165, 1.54) is 0 Å². The Labute approximate surface area is 85.2 Å². The Morgan fingerprint density at radius 1 is 1.47 bits per heavy atom. The number of hydrogen-bond donors (Lipinski definition) is 2. The highest BCUT2D eigenvalue weighted by molar-refractivity contribution is 5.73. The molecule has 1 fully saturated rings. The van der Waals surface area contributed by atoms with Gasteiger partial charge < -0.3 is 15.6 Å². The summed E-state index contributed by atoms with van der Waals surface area (Å²) in [5, 5.41) is 7.12. The standard InChI is InChI=1S/C6H13NO.C2HF3O2/c1-6(2,7)5-3-4-8-5;3-2(4,5)1(6)7/h5H,3-4,7H2,1-2H3;(H,6,7). The third-order valence-electron chi connectivity index (χ3n) is 1.77. The van der Waals surface area contributed by atoms with Crippen LogP contribution in [0.15, 0.2) is 0 Å². The first-order valence-electron chi connectivity index (χ1n) is 4.25. The highest BCUT2D eigenvalue weighted by Gasteiger charge is 2.38. The normalized spacial score (nSPS) is 21.1. The van der Waals surface area contributed by atoms with E-state index in [-0.39, 0.29) is 5.54 Å². The van der Waals surface area contributed by atoms with Crippen LogP contribution in [-0.4, -0.2) is 35.5 Å². The number of carboxylic acids is 1. The summed E-state index contributed by atoms with van der Waals surface area (Å²) in [7, 11) is 0. The molecule has 1 aliphatic heterocycles. The molecule has 0 aromatic carbocycles. The lowest BCUT2D eigenvalue weighted by atomic mass is 9.93. The Hall–Kier alpha value is -0.820. The van der Waals surface area contributed by atoms with Crippen LogP contribution < -0.4 is 5.73 Å². The molecule has 0 aromatic rings. The monoisotopic (exact) mass is 229 g/mol. The van der Waals surface area contributed by atoms with Gasteiger partial charge in [-0.3, -0.25) is 0 Å². The van der Waals surface area contributed by atoms with Gasteiger partial charge in [-0.2, -0.15) is 13.2 Å². The molecule has 1 unspecified atom stereocenters. The van der Waals surface area contributed by atoms with E-state index in [4.69, 9.17) is 20.4 Å². The SMILES string of the molecule is CC(C)(N)C1CCO1.O=C(O)C(F)(F)F. The van der Waals surface area contributed by atoms with Crippen LogP contribution in [0.25, 0.3) is 0 Å². The van der Waals surface area contributed by atoms with Crippen LogP contribution in [-0.2, 0) is 9.53 Å². The van der Waals surface area contributed by atoms with Crippen LogP contribution in [0.2, 0.25) is 0 Å². The summed E-state index contributed by atoms with van der Waals surface area (Å²) in [5.41, 5.74) is 5.59. The number of hydrogen-bond acceptors (Lipinski definition) is 3. The van der Waals surface area contributed by atoms with Gasteiger partial charge in [0, 0.05) is 12.1 Å². The zero-order valence-electron chi connectivity index (χ0n) is 8.47. The van der Waals surface area contributed by atoms with Gasteiger partial charge in [-0.15, -0.1) is 0 Å². The number of carboxylic acid groups (broad SMARTS) is 1. The summed E-state index contributed by atoms with van der Waals surface area (Å²) in [6, 6.07) is 0. The Balaban J connectivity index is 0.000000265. The molecule has 15 heavy (non-hydrogen) atoms. The highest BCUT2D eigenvalue weighted by atomic mass is 19.4. The first-order chi connectivity index (χ1) is 6.55. The molecule has 0 bridgehead atoms. The van der Waals surface area contributed by atoms with Crippen LogP contribution >= 0.6 is 0 Å². The summed E-state index contributed by atoms with van der Waals surface area (Å²) < 4.78 is 36.9. The number of halogens is 3. The third kappa shape index (κ3) is 5.58. The van der Waals surface area contributed by atoms with Crippen LogP contribution in [0.3, 0.4) is 0 Å². The van der Waals surface area contributed by atoms with Crippen molar-refractivity contribution in [3.05, 3.63) is 0 Å². The maximum Gasteiger partial charge on any atom is 0.490 e. The van der Waals surface area contributed by atoms with E-state index in [1.807, 2.05) is 13.8 Å². The second-order valence-corrected chi connectivity index (χ2v) is 3.77. The molecule has 4 nitrogen and oxygen atoms in total. The summed E-state index contributed by atoms with van der Waals surface area (Å²) in [5.74, 6) is -2.76. The van der Waals surface area contributed by atoms with Crippen LogP contribution in [0.4, 0.5) is 13.2 Å². The van der Waals surface area contributed by atoms with Gasteiger partial charge in [0.05, 0.1) is 6.10 Å². The van der Waals surface area contributed by atoms with Gasteiger partial charge in [-0.1, -0.05) is 0 Å². The average molecular weight is 229 g/mol. The quantitative estimate of drug-likeness (QED) is 0.707. The largest absolute Gasteiger partial charge is 0.490 e. The lowest BCUT2D eigenvalue weighted by Gasteiger charge is -2.37. The average Bonchev–Trinajstić information content (AvgIpc) is 1.76. The van der Waals surface area contributed by atoms with Gasteiger partial charge in [0.15, 0.2) is 0 Å². The fraction of sp³-hybridized carbons (Fsp3) is 0.875. The second-order valence-electron chi connectivity index (χ2n) is 3.77. The van der Waals surface area contributed by atoms with Crippen LogP contribution in [0.5, 0.6) is 0 Å². The second kappa shape index (κ2) is 4.80. The number of rotatable bonds is 1. The molecule has 1 rings (SSSR count). The van der Waals surface area contributed by atoms with Crippen molar-refractivity contribution in [2.45, 2.75) is 38.1 Å². The Morgan fingerprint density at radius 3 is 1.80 bits per heavy atom. The minimum Gasteiger partial charge on any atom is -0.475 e. The van der Waals surface area contributed by atoms with E-state index in [9.17, 15) is 13.2 Å². The molecule has 1 atom stereocenters. The van der Waals surface area contributed by atoms with E-state index in [0.29, 0.717) is 6.10 Å². The van der Waals surface area contributed by atoms with Crippen molar-refractivity contribution in [2.75, 3.05) is 6.61 Å². The molecule has 3 N–H and O–H groups in total. The summed E-state index contributed by atoms with van der Waals surface area (Å²) >= 11 is 0. The van der Waals surface area contributed by atoms with Crippen molar-refractivity contribution in [2.24, 2.45) is 5.73 Å². The van der Waals surface area contributed by atoms with Crippen molar-refractivity contribution in [3.8, 4) is 0 Å². The Bertz CT molecular complexity index is 218. The minimum atomic E-state index is -5.08. The topological polar surface area (TPSA) is 72.5 Å². The predicted octanol–water partition coefficient (Wildman–Crippen LogP) is 1.15. The zero-order chi connectivity index (χ0) is 12.3. The molecule has 1 aliphatic rings. The van der Waals surface area contributed by atoms with E-state index < -0.39 is 12.1 Å². The molecule has 1 heterocycles. The van der Waals surface area contributed by atoms with Gasteiger partial charge in [-0.25, -0.2) is 4.79 Å². The molecule has 1 saturated heterocycles. The molecule has 0 aliphatic carbocycles. The number of ether oxygens (including phenoxy) is 1. The van der Waals surface area contributed by atoms with Gasteiger partial charge >= 0.3 is 12.1 Å². The Morgan fingerprint density at radius 2 is 1.80 bits per heavy atom. The third-order valence-corrected chi connectivity index (χ3v) is 1.77. The maximum absolute atomic E-state index is 10.6. The van der Waals surface area contributed by atoms with Gasteiger partial charge in [0.1, 0.15) is 0 Å². The van der Waals surface area contributed by atoms with Gasteiger partial charge in [0.25, 0.3) is 0 Å². The van der Waals surface area contributed by atoms with E-state index in [0.717, 1.165) is 13.0 Å². The Kier molecular flexibility index (Phi) is 4.54. The fourth-order valence-electron chi connectivity index (χ4n) is 0.822. The molecular weight excluding hydrogens is 215 g/mol. The lowest BCUT2D eigenvalue weighted by Crippen LogP contribution is -2.51. The summed E-state index contributed by atoms with van der Waals surface area (Å²) in [4.78, 5) is 8.90. The van der Waals surface area contributed by atoms with Crippen LogP contribution in [0, 0.1) is 0 Å². The maximum atomic E-state index is 10.6. The molecule has 0 spiro atoms. The summed E-state index contributed by atoms with van der Waals surface area (Å²) in [6.07, 6.45) is -3.65. The number of nitrogens with two attached hydrogens (primary N) is 1. The van der Waals surface area contributed by atoms with E-state index in [2.05, 4.69) is 0 Å². The molecule has 0 amide bonds. The van der Waals surface area contributed by atoms with Crippen molar-refractivity contribution in [1.82, 2.24) is 0 Å². The van der Waals surface area contributed by atoms with Gasteiger partial charge in [-0.05, 0) is 20.3 Å². The van der Waals surface area contributed by atoms with Crippen molar-refractivity contribution in [1.29, 1.82) is 0 Å². The fourth-order valence-corrected chi connectivity index (χ4v) is 0.822. The first kappa shape index (κ1) is 14.2. The molecule has 0 radical (unpaired) electrons. The lowest BCUT2D eigenvalue weighted by molar-refractivity contribution is -0.192. The smallest absolute Gasteiger partial charge is 0.475 e. The first-order valence-corrected chi connectivity index (χ1v) is 4.25. The molecule has 7 heteroatoms. The number of aliphatic carboxylic acids is 1. The molecular formula is C8H14F3NO3. The van der Waals surface area contributed by atoms with Crippen molar-refractivity contribution in [3.63, 3.8) is 0 Å². The van der Waals surface area contributed by atoms with Crippen LogP contribution in [0.1, 0.15) is 20.3 Å². The van der Waals surface area contributed by atoms with Crippen molar-refractivity contribution < 1.29 is 27.8 Å². The predicted molar refractivity (Wildman–Crippen MR) is 46.3 cm³/mol. The van der Waals surface area contributed by atoms with Crippen molar-refractivity contribution >= 4 is 5.97 Å². The number of alkyl halides is 3. The number of carbonyl (C=O) groups is 1.